The summed E-state index contributed by atoms with van der Waals surface area (Å²) in [4.78, 5) is 55.0. The molecule has 0 fully saturated rings. The molecule has 32 heavy (non-hydrogen) atoms. The zero-order valence-electron chi connectivity index (χ0n) is 17.3. The average Bonchev–Trinajstić information content (AvgIpc) is 2.95. The summed E-state index contributed by atoms with van der Waals surface area (Å²) < 4.78 is 7.45. The molecule has 0 aliphatic rings. The lowest BCUT2D eigenvalue weighted by Crippen LogP contribution is -2.19. The quantitative estimate of drug-likeness (QED) is 0.170. The number of carbonyl (C=O) groups excluding carboxylic acids is 2. The van der Waals surface area contributed by atoms with Gasteiger partial charge in [-0.15, -0.1) is 0 Å². The number of aryl methyl sites for hydroxylation is 2. The fraction of sp³-hybridized carbons (Fsp3) is 0.278. The third kappa shape index (κ3) is 4.39. The molecule has 0 saturated carbocycles. The van der Waals surface area contributed by atoms with Crippen LogP contribution in [0.5, 0.6) is 0 Å². The molecule has 0 saturated heterocycles. The molecule has 1 amide bonds. The van der Waals surface area contributed by atoms with Crippen LogP contribution in [-0.2, 0) is 23.6 Å². The topological polar surface area (TPSA) is 177 Å². The summed E-state index contributed by atoms with van der Waals surface area (Å²) >= 11 is 0.928. The maximum atomic E-state index is 12.4. The zero-order valence-corrected chi connectivity index (χ0v) is 18.1. The maximum Gasteiger partial charge on any atom is 0.343 e. The molecule has 168 valence electrons. The second-order valence-electron chi connectivity index (χ2n) is 6.52. The van der Waals surface area contributed by atoms with E-state index in [0.29, 0.717) is 11.0 Å². The Labute approximate surface area is 184 Å². The largest absolute Gasteiger partial charge is 0.462 e. The van der Waals surface area contributed by atoms with Crippen LogP contribution >= 0.6 is 11.8 Å². The molecule has 14 heteroatoms. The Hall–Kier alpha value is -3.94. The summed E-state index contributed by atoms with van der Waals surface area (Å²) in [6.07, 6.45) is 1.20. The number of thioether (sulfide) groups is 1. The van der Waals surface area contributed by atoms with Crippen molar-refractivity contribution in [2.24, 2.45) is 14.1 Å². The van der Waals surface area contributed by atoms with Crippen LogP contribution in [0.3, 0.4) is 0 Å². The number of benzene rings is 1. The van der Waals surface area contributed by atoms with E-state index in [1.54, 1.807) is 6.92 Å². The van der Waals surface area contributed by atoms with Crippen molar-refractivity contribution in [1.29, 1.82) is 0 Å². The van der Waals surface area contributed by atoms with Gasteiger partial charge in [-0.1, -0.05) is 11.8 Å². The van der Waals surface area contributed by atoms with Gasteiger partial charge >= 0.3 is 11.7 Å². The van der Waals surface area contributed by atoms with E-state index in [9.17, 15) is 24.5 Å². The van der Waals surface area contributed by atoms with Gasteiger partial charge in [0, 0.05) is 26.4 Å². The molecule has 0 bridgehead atoms. The second-order valence-corrected chi connectivity index (χ2v) is 7.47. The highest BCUT2D eigenvalue weighted by Gasteiger charge is 2.21. The number of esters is 1. The molecule has 1 aromatic carbocycles. The van der Waals surface area contributed by atoms with Gasteiger partial charge in [0.1, 0.15) is 17.1 Å². The number of ether oxygens (including phenoxy) is 1. The Bertz CT molecular complexity index is 1300. The van der Waals surface area contributed by atoms with Crippen LogP contribution < -0.4 is 16.7 Å². The molecule has 2 aromatic heterocycles. The first kappa shape index (κ1) is 22.7. The monoisotopic (exact) mass is 461 g/mol. The van der Waals surface area contributed by atoms with Crippen molar-refractivity contribution in [3.8, 4) is 0 Å². The van der Waals surface area contributed by atoms with Gasteiger partial charge < -0.3 is 15.8 Å². The van der Waals surface area contributed by atoms with Gasteiger partial charge in [0.2, 0.25) is 5.91 Å². The molecule has 0 unspecified atom stereocenters. The Balaban J connectivity index is 1.77. The molecule has 2 heterocycles. The number of nitrogen functional groups attached to an aromatic ring is 1. The Morgan fingerprint density at radius 2 is 1.94 bits per heavy atom. The van der Waals surface area contributed by atoms with Crippen LogP contribution in [-0.4, -0.2) is 48.3 Å². The van der Waals surface area contributed by atoms with Crippen molar-refractivity contribution in [1.82, 2.24) is 19.1 Å². The molecular weight excluding hydrogens is 442 g/mol. The smallest absolute Gasteiger partial charge is 0.343 e. The summed E-state index contributed by atoms with van der Waals surface area (Å²) in [7, 11) is 3.03. The number of carbonyl (C=O) groups is 2. The number of fused-ring (bicyclic) bond motifs is 1. The average molecular weight is 461 g/mol. The number of hydrogen-bond acceptors (Lipinski definition) is 10. The van der Waals surface area contributed by atoms with E-state index in [1.807, 2.05) is 0 Å². The number of hydrogen-bond donors (Lipinski definition) is 2. The lowest BCUT2D eigenvalue weighted by molar-refractivity contribution is -0.383. The number of nitrogens with zero attached hydrogens (tertiary/aromatic N) is 5. The minimum absolute atomic E-state index is 0.0121. The summed E-state index contributed by atoms with van der Waals surface area (Å²) in [5.41, 5.74) is 5.80. The minimum Gasteiger partial charge on any atom is -0.462 e. The highest BCUT2D eigenvalue weighted by atomic mass is 32.2. The molecule has 0 aliphatic carbocycles. The summed E-state index contributed by atoms with van der Waals surface area (Å²) in [5.74, 6) is -1.49. The van der Waals surface area contributed by atoms with Gasteiger partial charge in [0.25, 0.3) is 5.69 Å². The molecule has 0 radical (unpaired) electrons. The minimum atomic E-state index is -0.655. The number of amides is 1. The van der Waals surface area contributed by atoms with Crippen molar-refractivity contribution in [2.45, 2.75) is 12.1 Å². The number of nitro groups is 1. The van der Waals surface area contributed by atoms with Gasteiger partial charge in [0.05, 0.1) is 28.3 Å². The first-order valence-electron chi connectivity index (χ1n) is 9.20. The number of nitrogens with two attached hydrogens (primary N) is 1. The maximum absolute atomic E-state index is 12.4. The van der Waals surface area contributed by atoms with Crippen LogP contribution in [0.1, 0.15) is 17.3 Å². The SMILES string of the molecule is CCOC(=O)c1cnc(SCC(=O)Nc2cc3c(cc2[N+](=O)[O-])n(C)c(=O)n3C)nc1N. The lowest BCUT2D eigenvalue weighted by atomic mass is 10.2. The Kier molecular flexibility index (Phi) is 6.43. The van der Waals surface area contributed by atoms with Crippen LogP contribution in [0.25, 0.3) is 11.0 Å². The standard InChI is InChI=1S/C18H19N7O6S/c1-4-31-16(27)9-7-20-17(22-15(9)19)32-8-14(26)21-10-5-12-13(6-11(10)25(29)30)24(3)18(28)23(12)2/h5-7H,4,8H2,1-3H3,(H,21,26)(H2,19,20,22). The van der Waals surface area contributed by atoms with Gasteiger partial charge in [-0.05, 0) is 13.0 Å². The Morgan fingerprint density at radius 3 is 2.53 bits per heavy atom. The van der Waals surface area contributed by atoms with Crippen molar-refractivity contribution in [3.05, 3.63) is 44.5 Å². The number of imidazole rings is 1. The first-order chi connectivity index (χ1) is 15.1. The first-order valence-corrected chi connectivity index (χ1v) is 10.2. The van der Waals surface area contributed by atoms with Crippen LogP contribution in [0.15, 0.2) is 28.3 Å². The van der Waals surface area contributed by atoms with Crippen molar-refractivity contribution < 1.29 is 19.2 Å². The van der Waals surface area contributed by atoms with E-state index in [4.69, 9.17) is 10.5 Å². The van der Waals surface area contributed by atoms with Gasteiger partial charge in [0.15, 0.2) is 5.16 Å². The summed E-state index contributed by atoms with van der Waals surface area (Å²) in [6.45, 7) is 1.82. The van der Waals surface area contributed by atoms with E-state index in [-0.39, 0.29) is 46.0 Å². The number of rotatable bonds is 7. The molecule has 3 aromatic rings. The number of nitro benzene ring substituents is 1. The normalized spacial score (nSPS) is 10.8. The summed E-state index contributed by atoms with van der Waals surface area (Å²) in [6, 6.07) is 2.61. The molecule has 0 atom stereocenters. The predicted octanol–water partition coefficient (Wildman–Crippen LogP) is 1.06. The fourth-order valence-electron chi connectivity index (χ4n) is 2.92. The van der Waals surface area contributed by atoms with Crippen molar-refractivity contribution in [3.63, 3.8) is 0 Å². The molecular formula is C18H19N7O6S. The van der Waals surface area contributed by atoms with E-state index < -0.39 is 16.8 Å². The van der Waals surface area contributed by atoms with Gasteiger partial charge in [-0.2, -0.15) is 0 Å². The molecule has 3 N–H and O–H groups in total. The van der Waals surface area contributed by atoms with Crippen molar-refractivity contribution in [2.75, 3.05) is 23.4 Å². The number of nitrogens with one attached hydrogen (secondary N) is 1. The molecule has 0 spiro atoms. The fourth-order valence-corrected chi connectivity index (χ4v) is 3.54. The highest BCUT2D eigenvalue weighted by Crippen LogP contribution is 2.30. The third-order valence-electron chi connectivity index (χ3n) is 4.48. The third-order valence-corrected chi connectivity index (χ3v) is 5.35. The van der Waals surface area contributed by atoms with E-state index in [2.05, 4.69) is 15.3 Å². The highest BCUT2D eigenvalue weighted by molar-refractivity contribution is 7.99. The second kappa shape index (κ2) is 9.05. The van der Waals surface area contributed by atoms with E-state index in [1.165, 1.54) is 41.6 Å². The Morgan fingerprint density at radius 1 is 1.28 bits per heavy atom. The van der Waals surface area contributed by atoms with Crippen LogP contribution in [0, 0.1) is 10.1 Å². The number of anilines is 2. The van der Waals surface area contributed by atoms with Crippen LogP contribution in [0.4, 0.5) is 17.2 Å². The molecule has 3 rings (SSSR count). The van der Waals surface area contributed by atoms with Crippen LogP contribution in [0.2, 0.25) is 0 Å². The number of aromatic nitrogens is 4. The lowest BCUT2D eigenvalue weighted by Gasteiger charge is -2.08. The summed E-state index contributed by atoms with van der Waals surface area (Å²) in [5, 5.41) is 14.1. The van der Waals surface area contributed by atoms with E-state index in [0.717, 1.165) is 11.8 Å². The van der Waals surface area contributed by atoms with Crippen molar-refractivity contribution >= 4 is 51.9 Å². The molecule has 13 nitrogen and oxygen atoms in total. The van der Waals surface area contributed by atoms with Gasteiger partial charge in [-0.25, -0.2) is 19.6 Å². The zero-order chi connectivity index (χ0) is 23.6. The molecule has 0 aliphatic heterocycles. The van der Waals surface area contributed by atoms with Gasteiger partial charge in [-0.3, -0.25) is 24.0 Å². The predicted molar refractivity (Wildman–Crippen MR) is 117 cm³/mol. The van der Waals surface area contributed by atoms with E-state index >= 15 is 0 Å².